The Balaban J connectivity index is 1.69. The van der Waals surface area contributed by atoms with E-state index in [4.69, 9.17) is 5.26 Å². The molecule has 0 fully saturated rings. The molecule has 21 heavy (non-hydrogen) atoms. The predicted octanol–water partition coefficient (Wildman–Crippen LogP) is 1.53. The van der Waals surface area contributed by atoms with Gasteiger partial charge in [-0.05, 0) is 17.7 Å². The van der Waals surface area contributed by atoms with E-state index < -0.39 is 0 Å². The van der Waals surface area contributed by atoms with Crippen molar-refractivity contribution < 1.29 is 4.79 Å². The molecule has 3 N–H and O–H groups in total. The van der Waals surface area contributed by atoms with Crippen LogP contribution in [0.2, 0.25) is 0 Å². The van der Waals surface area contributed by atoms with Gasteiger partial charge >= 0.3 is 0 Å². The summed E-state index contributed by atoms with van der Waals surface area (Å²) in [6, 6.07) is 15.7. The molecule has 2 aromatic rings. The van der Waals surface area contributed by atoms with Crippen LogP contribution in [0.3, 0.4) is 0 Å². The first-order valence-electron chi connectivity index (χ1n) is 6.84. The van der Waals surface area contributed by atoms with Gasteiger partial charge in [-0.25, -0.2) is 0 Å². The molecular formula is C16H18N4O. The number of rotatable bonds is 7. The second kappa shape index (κ2) is 7.88. The Kier molecular flexibility index (Phi) is 5.56. The highest BCUT2D eigenvalue weighted by Gasteiger charge is 2.12. The summed E-state index contributed by atoms with van der Waals surface area (Å²) in [6.45, 7) is 1.19. The number of nitrogens with zero attached hydrogens (tertiary/aromatic N) is 1. The van der Waals surface area contributed by atoms with Gasteiger partial charge in [-0.1, -0.05) is 30.3 Å². The molecule has 1 amide bonds. The number of H-pyrrole nitrogens is 1. The molecule has 2 rings (SSSR count). The average Bonchev–Trinajstić information content (AvgIpc) is 3.03. The Bertz CT molecular complexity index is 586. The number of aromatic nitrogens is 1. The minimum absolute atomic E-state index is 0.113. The van der Waals surface area contributed by atoms with E-state index in [-0.39, 0.29) is 18.4 Å². The van der Waals surface area contributed by atoms with Crippen LogP contribution in [0.25, 0.3) is 0 Å². The number of nitriles is 1. The summed E-state index contributed by atoms with van der Waals surface area (Å²) in [5, 5.41) is 14.9. The number of benzene rings is 1. The van der Waals surface area contributed by atoms with Crippen LogP contribution in [0.15, 0.2) is 48.7 Å². The van der Waals surface area contributed by atoms with E-state index >= 15 is 0 Å². The van der Waals surface area contributed by atoms with Crippen LogP contribution in [0.4, 0.5) is 0 Å². The molecule has 0 bridgehead atoms. The van der Waals surface area contributed by atoms with Crippen LogP contribution in [0, 0.1) is 11.3 Å². The molecule has 0 radical (unpaired) electrons. The lowest BCUT2D eigenvalue weighted by Crippen LogP contribution is -2.35. The van der Waals surface area contributed by atoms with Gasteiger partial charge in [0.25, 0.3) is 0 Å². The van der Waals surface area contributed by atoms with Crippen LogP contribution in [-0.2, 0) is 11.3 Å². The van der Waals surface area contributed by atoms with Crippen molar-refractivity contribution in [2.45, 2.75) is 12.5 Å². The Morgan fingerprint density at radius 3 is 2.71 bits per heavy atom. The van der Waals surface area contributed by atoms with Crippen molar-refractivity contribution >= 4 is 5.91 Å². The molecule has 108 valence electrons. The van der Waals surface area contributed by atoms with E-state index in [0.717, 1.165) is 11.3 Å². The SMILES string of the molecule is N#C[C@@H](CNC(=O)CNCc1ccccc1)c1ccc[nH]1. The zero-order valence-electron chi connectivity index (χ0n) is 11.7. The summed E-state index contributed by atoms with van der Waals surface area (Å²) < 4.78 is 0. The Labute approximate surface area is 124 Å². The van der Waals surface area contributed by atoms with Gasteiger partial charge in [0.1, 0.15) is 5.92 Å². The van der Waals surface area contributed by atoms with Crippen molar-refractivity contribution in [3.63, 3.8) is 0 Å². The Morgan fingerprint density at radius 2 is 2.05 bits per heavy atom. The first-order valence-corrected chi connectivity index (χ1v) is 6.84. The van der Waals surface area contributed by atoms with Crippen LogP contribution >= 0.6 is 0 Å². The molecule has 0 spiro atoms. The molecule has 0 aliphatic carbocycles. The third-order valence-corrected chi connectivity index (χ3v) is 3.11. The van der Waals surface area contributed by atoms with Crippen molar-refractivity contribution in [1.82, 2.24) is 15.6 Å². The predicted molar refractivity (Wildman–Crippen MR) is 80.3 cm³/mol. The fourth-order valence-electron chi connectivity index (χ4n) is 1.98. The van der Waals surface area contributed by atoms with Crippen LogP contribution in [0.5, 0.6) is 0 Å². The minimum atomic E-state index is -0.349. The first kappa shape index (κ1) is 14.8. The lowest BCUT2D eigenvalue weighted by atomic mass is 10.1. The third-order valence-electron chi connectivity index (χ3n) is 3.11. The number of amides is 1. The summed E-state index contributed by atoms with van der Waals surface area (Å²) in [4.78, 5) is 14.7. The number of hydrogen-bond donors (Lipinski definition) is 3. The molecule has 1 heterocycles. The van der Waals surface area contributed by atoms with Crippen molar-refractivity contribution in [2.75, 3.05) is 13.1 Å². The van der Waals surface area contributed by atoms with Crippen LogP contribution < -0.4 is 10.6 Å². The molecule has 1 aromatic carbocycles. The molecule has 5 nitrogen and oxygen atoms in total. The van der Waals surface area contributed by atoms with Gasteiger partial charge in [-0.3, -0.25) is 4.79 Å². The van der Waals surface area contributed by atoms with Gasteiger partial charge in [-0.2, -0.15) is 5.26 Å². The molecule has 0 saturated heterocycles. The van der Waals surface area contributed by atoms with Gasteiger partial charge < -0.3 is 15.6 Å². The molecule has 0 aliphatic rings. The lowest BCUT2D eigenvalue weighted by Gasteiger charge is -2.10. The monoisotopic (exact) mass is 282 g/mol. The van der Waals surface area contributed by atoms with E-state index in [1.165, 1.54) is 0 Å². The van der Waals surface area contributed by atoms with Gasteiger partial charge in [0.05, 0.1) is 12.6 Å². The zero-order chi connectivity index (χ0) is 14.9. The number of hydrogen-bond acceptors (Lipinski definition) is 3. The van der Waals surface area contributed by atoms with Gasteiger partial charge in [0.2, 0.25) is 5.91 Å². The number of nitrogens with one attached hydrogen (secondary N) is 3. The minimum Gasteiger partial charge on any atom is -0.364 e. The van der Waals surface area contributed by atoms with Crippen molar-refractivity contribution in [3.05, 3.63) is 59.9 Å². The van der Waals surface area contributed by atoms with Crippen molar-refractivity contribution in [2.24, 2.45) is 0 Å². The molecule has 1 aromatic heterocycles. The second-order valence-corrected chi connectivity index (χ2v) is 4.70. The Morgan fingerprint density at radius 1 is 1.24 bits per heavy atom. The standard InChI is InChI=1S/C16H18N4O/c17-9-14(15-7-4-8-19-15)11-20-16(21)12-18-10-13-5-2-1-3-6-13/h1-8,14,18-19H,10-12H2,(H,20,21)/t14-/m0/s1. The maximum absolute atomic E-state index is 11.7. The summed E-state index contributed by atoms with van der Waals surface area (Å²) in [7, 11) is 0. The summed E-state index contributed by atoms with van der Waals surface area (Å²) >= 11 is 0. The zero-order valence-corrected chi connectivity index (χ0v) is 11.7. The quantitative estimate of drug-likeness (QED) is 0.720. The van der Waals surface area contributed by atoms with Gasteiger partial charge in [0.15, 0.2) is 0 Å². The largest absolute Gasteiger partial charge is 0.364 e. The topological polar surface area (TPSA) is 80.7 Å². The Hall–Kier alpha value is -2.58. The maximum Gasteiger partial charge on any atom is 0.234 e. The molecule has 0 saturated carbocycles. The third kappa shape index (κ3) is 4.79. The van der Waals surface area contributed by atoms with Crippen LogP contribution in [0.1, 0.15) is 17.2 Å². The summed E-state index contributed by atoms with van der Waals surface area (Å²) in [5.74, 6) is -0.462. The van der Waals surface area contributed by atoms with Gasteiger partial charge in [-0.15, -0.1) is 0 Å². The van der Waals surface area contributed by atoms with E-state index in [2.05, 4.69) is 21.7 Å². The summed E-state index contributed by atoms with van der Waals surface area (Å²) in [5.41, 5.74) is 1.95. The lowest BCUT2D eigenvalue weighted by molar-refractivity contribution is -0.120. The molecule has 5 heteroatoms. The summed E-state index contributed by atoms with van der Waals surface area (Å²) in [6.07, 6.45) is 1.77. The highest BCUT2D eigenvalue weighted by Crippen LogP contribution is 2.10. The van der Waals surface area contributed by atoms with Crippen molar-refractivity contribution in [3.8, 4) is 6.07 Å². The molecular weight excluding hydrogens is 264 g/mol. The van der Waals surface area contributed by atoms with Crippen molar-refractivity contribution in [1.29, 1.82) is 5.26 Å². The smallest absolute Gasteiger partial charge is 0.234 e. The average molecular weight is 282 g/mol. The molecule has 0 unspecified atom stereocenters. The maximum atomic E-state index is 11.7. The number of carbonyl (C=O) groups excluding carboxylic acids is 1. The van der Waals surface area contributed by atoms with Crippen LogP contribution in [-0.4, -0.2) is 24.0 Å². The first-order chi connectivity index (χ1) is 10.3. The number of aromatic amines is 1. The highest BCUT2D eigenvalue weighted by atomic mass is 16.1. The second-order valence-electron chi connectivity index (χ2n) is 4.70. The molecule has 1 atom stereocenters. The normalized spacial score (nSPS) is 11.6. The van der Waals surface area contributed by atoms with E-state index in [1.54, 1.807) is 6.20 Å². The van der Waals surface area contributed by atoms with E-state index in [0.29, 0.717) is 13.1 Å². The highest BCUT2D eigenvalue weighted by molar-refractivity contribution is 5.78. The van der Waals surface area contributed by atoms with E-state index in [9.17, 15) is 4.79 Å². The fourth-order valence-corrected chi connectivity index (χ4v) is 1.98. The number of carbonyl (C=O) groups is 1. The van der Waals surface area contributed by atoms with Gasteiger partial charge in [0, 0.05) is 25.0 Å². The fraction of sp³-hybridized carbons (Fsp3) is 0.250. The van der Waals surface area contributed by atoms with E-state index in [1.807, 2.05) is 42.5 Å². The molecule has 0 aliphatic heterocycles.